The van der Waals surface area contributed by atoms with Gasteiger partial charge in [-0.3, -0.25) is 0 Å². The van der Waals surface area contributed by atoms with Gasteiger partial charge in [0.25, 0.3) is 0 Å². The molecule has 9 radical (unpaired) electrons. The second kappa shape index (κ2) is 7.38. The maximum absolute atomic E-state index is 9.27. The lowest BCUT2D eigenvalue weighted by Gasteiger charge is -2.56. The summed E-state index contributed by atoms with van der Waals surface area (Å²) in [6.07, 6.45) is 1.52. The van der Waals surface area contributed by atoms with E-state index in [1.807, 2.05) is 35.3 Å². The molecule has 2 N–H and O–H groups in total. The van der Waals surface area contributed by atoms with Crippen molar-refractivity contribution < 1.29 is 10.2 Å². The van der Waals surface area contributed by atoms with E-state index in [0.29, 0.717) is 12.3 Å². The zero-order valence-electron chi connectivity index (χ0n) is 10.6. The topological polar surface area (TPSA) is 40.5 Å². The molecule has 0 aromatic rings. The number of aliphatic hydroxyl groups is 2. The van der Waals surface area contributed by atoms with Crippen molar-refractivity contribution in [3.8, 4) is 0 Å². The zero-order valence-corrected chi connectivity index (χ0v) is 10.6. The number of rotatable bonds is 4. The highest BCUT2D eigenvalue weighted by atomic mass is 16.3. The SMILES string of the molecule is OCCC1B2[B][B][B][B][B][B][B][B]C1(CCO)[B]2. The molecule has 0 saturated carbocycles. The predicted octanol–water partition coefficient (Wildman–Crippen LogP) is -3.50. The van der Waals surface area contributed by atoms with Crippen LogP contribution in [0.3, 0.4) is 0 Å². The molecule has 77 valence electrons. The standard InChI is InChI=1S/C6H11B10O2/c17-3-1-5-6(2-4-18)7-9-10-11-12-13-14-15-16(5)8-6/h5,17-18H,1-4H2. The first-order chi connectivity index (χ1) is 8.82. The smallest absolute Gasteiger partial charge is 0.0612 e. The third-order valence-corrected chi connectivity index (χ3v) is 3.94. The largest absolute Gasteiger partial charge is 0.396 e. The summed E-state index contributed by atoms with van der Waals surface area (Å²) < 4.78 is 0. The number of aliphatic hydroxyl groups excluding tert-OH is 2. The van der Waals surface area contributed by atoms with Crippen LogP contribution in [0.5, 0.6) is 0 Å². The molecule has 3 rings (SSSR count). The summed E-state index contributed by atoms with van der Waals surface area (Å²) in [5.74, 6) is 0.391. The minimum Gasteiger partial charge on any atom is -0.396 e. The molecule has 3 heterocycles. The molecule has 0 amide bonds. The van der Waals surface area contributed by atoms with Crippen LogP contribution >= 0.6 is 0 Å². The van der Waals surface area contributed by atoms with Gasteiger partial charge in [-0.05, 0) is 12.8 Å². The highest BCUT2D eigenvalue weighted by Crippen LogP contribution is 2.53. The fraction of sp³-hybridized carbons (Fsp3) is 1.00. The Morgan fingerprint density at radius 1 is 0.944 bits per heavy atom. The van der Waals surface area contributed by atoms with E-state index in [1.165, 1.54) is 0 Å². The zero-order chi connectivity index (χ0) is 12.8. The minimum absolute atomic E-state index is 0.0544. The van der Waals surface area contributed by atoms with Crippen molar-refractivity contribution in [3.05, 3.63) is 0 Å². The highest BCUT2D eigenvalue weighted by molar-refractivity contribution is 7.73. The Kier molecular flexibility index (Phi) is 6.13. The van der Waals surface area contributed by atoms with Gasteiger partial charge >= 0.3 is 0 Å². The predicted molar refractivity (Wildman–Crippen MR) is 87.4 cm³/mol. The first kappa shape index (κ1) is 15.0. The quantitative estimate of drug-likeness (QED) is 0.486. The summed E-state index contributed by atoms with van der Waals surface area (Å²) in [6, 6.07) is 0. The number of hydrogen-bond donors (Lipinski definition) is 2. The molecule has 3 fully saturated rings. The first-order valence-corrected chi connectivity index (χ1v) is 6.59. The van der Waals surface area contributed by atoms with E-state index in [4.69, 9.17) is 0 Å². The molecule has 3 aliphatic heterocycles. The Morgan fingerprint density at radius 2 is 1.67 bits per heavy atom. The van der Waals surface area contributed by atoms with Crippen LogP contribution in [0, 0.1) is 0 Å². The lowest BCUT2D eigenvalue weighted by atomic mass is 8.75. The fourth-order valence-corrected chi connectivity index (χ4v) is 3.04. The Labute approximate surface area is 118 Å². The molecule has 18 heavy (non-hydrogen) atoms. The maximum Gasteiger partial charge on any atom is 0.0612 e. The van der Waals surface area contributed by atoms with Gasteiger partial charge < -0.3 is 10.2 Å². The molecule has 2 unspecified atom stereocenters. The number of hydrogen-bond acceptors (Lipinski definition) is 2. The molecule has 3 saturated heterocycles. The van der Waals surface area contributed by atoms with Gasteiger partial charge in [-0.1, -0.05) is 5.82 Å². The second-order valence-corrected chi connectivity index (χ2v) is 4.96. The van der Waals surface area contributed by atoms with E-state index >= 15 is 0 Å². The van der Waals surface area contributed by atoms with Crippen molar-refractivity contribution in [3.63, 3.8) is 0 Å². The third kappa shape index (κ3) is 3.36. The van der Waals surface area contributed by atoms with Crippen LogP contribution in [-0.2, 0) is 0 Å². The van der Waals surface area contributed by atoms with Gasteiger partial charge in [0.15, 0.2) is 0 Å². The normalized spacial score (nSPS) is 29.7. The van der Waals surface area contributed by atoms with Crippen molar-refractivity contribution in [1.82, 2.24) is 0 Å². The van der Waals surface area contributed by atoms with Crippen LogP contribution in [0.4, 0.5) is 0 Å². The lowest BCUT2D eigenvalue weighted by molar-refractivity contribution is 0.255. The van der Waals surface area contributed by atoms with Gasteiger partial charge in [-0.15, -0.1) is 5.21 Å². The van der Waals surface area contributed by atoms with Crippen molar-refractivity contribution in [2.24, 2.45) is 0 Å². The molecule has 2 atom stereocenters. The maximum atomic E-state index is 9.27. The average molecular weight is 223 g/mol. The Hall–Kier alpha value is 0.569. The molecule has 2 nitrogen and oxygen atoms in total. The molecule has 0 aliphatic carbocycles. The first-order valence-electron chi connectivity index (χ1n) is 6.59. The van der Waals surface area contributed by atoms with Gasteiger partial charge in [0.05, 0.1) is 20.8 Å². The number of fused-ring (bicyclic) bond motifs is 7. The Morgan fingerprint density at radius 3 is 2.39 bits per heavy atom. The van der Waals surface area contributed by atoms with E-state index in [2.05, 4.69) is 28.5 Å². The molecule has 0 aromatic heterocycles. The van der Waals surface area contributed by atoms with E-state index in [1.54, 1.807) is 0 Å². The Bertz CT molecular complexity index is 253. The second-order valence-electron chi connectivity index (χ2n) is 4.96. The monoisotopic (exact) mass is 225 g/mol. The summed E-state index contributed by atoms with van der Waals surface area (Å²) in [4.78, 5) is 0. The molecule has 3 aliphatic rings. The highest BCUT2D eigenvalue weighted by Gasteiger charge is 2.52. The summed E-state index contributed by atoms with van der Waals surface area (Å²) in [7, 11) is 18.8. The van der Waals surface area contributed by atoms with Crippen LogP contribution in [0.2, 0.25) is 11.0 Å². The van der Waals surface area contributed by atoms with E-state index < -0.39 is 0 Å². The van der Waals surface area contributed by atoms with Gasteiger partial charge in [-0.25, -0.2) is 0 Å². The lowest BCUT2D eigenvalue weighted by Crippen LogP contribution is -2.63. The molecular weight excluding hydrogens is 212 g/mol. The van der Waals surface area contributed by atoms with Gasteiger partial charge in [0.2, 0.25) is 0 Å². The average Bonchev–Trinajstić information content (AvgIpc) is 2.43. The van der Waals surface area contributed by atoms with Crippen LogP contribution in [0.1, 0.15) is 12.8 Å². The summed E-state index contributed by atoms with van der Waals surface area (Å²) in [6.45, 7) is 0.785. The van der Waals surface area contributed by atoms with Crippen molar-refractivity contribution >= 4 is 70.3 Å². The van der Waals surface area contributed by atoms with Crippen LogP contribution < -0.4 is 0 Å². The Balaban J connectivity index is 2.01. The van der Waals surface area contributed by atoms with Gasteiger partial charge in [0.1, 0.15) is 0 Å². The molecular formula is C6H11B10O2. The molecule has 12 heteroatoms. The van der Waals surface area contributed by atoms with Crippen molar-refractivity contribution in [2.75, 3.05) is 13.2 Å². The molecule has 0 aromatic carbocycles. The molecule has 0 spiro atoms. The molecule has 2 bridgehead atoms. The summed E-state index contributed by atoms with van der Waals surface area (Å²) in [5.41, 5.74) is 0. The third-order valence-electron chi connectivity index (χ3n) is 3.94. The fourth-order valence-electron chi connectivity index (χ4n) is 3.04. The van der Waals surface area contributed by atoms with E-state index in [0.717, 1.165) is 12.8 Å². The van der Waals surface area contributed by atoms with E-state index in [-0.39, 0.29) is 18.4 Å². The van der Waals surface area contributed by atoms with Crippen LogP contribution in [-0.4, -0.2) is 93.7 Å². The van der Waals surface area contributed by atoms with Crippen molar-refractivity contribution in [2.45, 2.75) is 23.9 Å². The van der Waals surface area contributed by atoms with Crippen LogP contribution in [0.25, 0.3) is 0 Å². The summed E-state index contributed by atoms with van der Waals surface area (Å²) in [5, 5.41) is 18.4. The minimum atomic E-state index is -0.0544. The van der Waals surface area contributed by atoms with Crippen LogP contribution in [0.15, 0.2) is 0 Å². The van der Waals surface area contributed by atoms with Gasteiger partial charge in [0, 0.05) is 62.6 Å². The van der Waals surface area contributed by atoms with E-state index in [9.17, 15) is 10.2 Å². The van der Waals surface area contributed by atoms with Gasteiger partial charge in [-0.2, -0.15) is 0 Å². The summed E-state index contributed by atoms with van der Waals surface area (Å²) >= 11 is 0. The van der Waals surface area contributed by atoms with Crippen molar-refractivity contribution in [1.29, 1.82) is 0 Å².